The lowest BCUT2D eigenvalue weighted by atomic mass is 9.81. The minimum absolute atomic E-state index is 0.0458. The molecule has 2 amide bonds. The summed E-state index contributed by atoms with van der Waals surface area (Å²) in [7, 11) is 1.53. The Balaban J connectivity index is 1.79. The van der Waals surface area contributed by atoms with Gasteiger partial charge in [0.15, 0.2) is 0 Å². The van der Waals surface area contributed by atoms with Crippen LogP contribution in [0.5, 0.6) is 0 Å². The van der Waals surface area contributed by atoms with Gasteiger partial charge in [-0.25, -0.2) is 0 Å². The lowest BCUT2D eigenvalue weighted by Gasteiger charge is -2.25. The maximum atomic E-state index is 12.6. The molecule has 2 aliphatic carbocycles. The molecule has 3 fully saturated rings. The van der Waals surface area contributed by atoms with E-state index in [-0.39, 0.29) is 24.3 Å². The summed E-state index contributed by atoms with van der Waals surface area (Å²) in [6.07, 6.45) is 3.58. The molecule has 0 bridgehead atoms. The minimum atomic E-state index is -0.910. The highest BCUT2D eigenvalue weighted by Gasteiger charge is 2.62. The summed E-state index contributed by atoms with van der Waals surface area (Å²) in [4.78, 5) is 37.7. The smallest absolute Gasteiger partial charge is 0.311 e. The van der Waals surface area contributed by atoms with E-state index >= 15 is 0 Å². The lowest BCUT2D eigenvalue weighted by molar-refractivity contribution is -0.150. The van der Waals surface area contributed by atoms with E-state index in [0.717, 1.165) is 12.8 Å². The third-order valence-electron chi connectivity index (χ3n) is 5.40. The van der Waals surface area contributed by atoms with Crippen LogP contribution < -0.4 is 5.32 Å². The number of carboxylic acid groups (broad SMARTS) is 1. The number of carboxylic acids is 1. The summed E-state index contributed by atoms with van der Waals surface area (Å²) in [6, 6.07) is 0. The molecule has 0 radical (unpaired) electrons. The number of fused-ring (bicyclic) bond motifs is 1. The first-order chi connectivity index (χ1) is 9.46. The first-order valence-electron chi connectivity index (χ1n) is 7.21. The third kappa shape index (κ3) is 1.60. The second kappa shape index (κ2) is 4.20. The van der Waals surface area contributed by atoms with E-state index in [0.29, 0.717) is 25.8 Å². The predicted octanol–water partition coefficient (Wildman–Crippen LogP) is 0.226. The van der Waals surface area contributed by atoms with E-state index in [4.69, 9.17) is 0 Å². The number of carbonyl (C=O) groups is 3. The Labute approximate surface area is 117 Å². The van der Waals surface area contributed by atoms with Crippen LogP contribution in [-0.4, -0.2) is 47.9 Å². The van der Waals surface area contributed by atoms with Crippen molar-refractivity contribution in [1.29, 1.82) is 0 Å². The van der Waals surface area contributed by atoms with Crippen molar-refractivity contribution < 1.29 is 19.5 Å². The van der Waals surface area contributed by atoms with Crippen LogP contribution in [0.2, 0.25) is 0 Å². The Kier molecular flexibility index (Phi) is 2.81. The topological polar surface area (TPSA) is 86.7 Å². The summed E-state index contributed by atoms with van der Waals surface area (Å²) in [5.74, 6) is -1.15. The van der Waals surface area contributed by atoms with Crippen LogP contribution in [0.15, 0.2) is 0 Å². The van der Waals surface area contributed by atoms with Gasteiger partial charge in [0.05, 0.1) is 5.41 Å². The molecule has 0 aromatic rings. The molecule has 1 saturated heterocycles. The average molecular weight is 280 g/mol. The number of likely N-dealkylation sites (tertiary alicyclic amines) is 1. The van der Waals surface area contributed by atoms with Gasteiger partial charge in [-0.2, -0.15) is 0 Å². The summed E-state index contributed by atoms with van der Waals surface area (Å²) < 4.78 is 0. The number of rotatable bonds is 3. The maximum Gasteiger partial charge on any atom is 0.311 e. The largest absolute Gasteiger partial charge is 0.481 e. The Bertz CT molecular complexity index is 486. The zero-order valence-corrected chi connectivity index (χ0v) is 11.6. The lowest BCUT2D eigenvalue weighted by Crippen LogP contribution is -2.45. The van der Waals surface area contributed by atoms with Crippen molar-refractivity contribution in [3.63, 3.8) is 0 Å². The molecule has 6 nitrogen and oxygen atoms in total. The fourth-order valence-corrected chi connectivity index (χ4v) is 4.00. The van der Waals surface area contributed by atoms with Crippen LogP contribution in [0, 0.1) is 16.7 Å². The molecule has 3 aliphatic rings. The molecule has 3 rings (SSSR count). The number of aliphatic carboxylic acids is 1. The number of amides is 2. The third-order valence-corrected chi connectivity index (χ3v) is 5.40. The van der Waals surface area contributed by atoms with Gasteiger partial charge in [-0.3, -0.25) is 14.4 Å². The molecule has 20 heavy (non-hydrogen) atoms. The van der Waals surface area contributed by atoms with E-state index in [1.165, 1.54) is 7.05 Å². The van der Waals surface area contributed by atoms with Gasteiger partial charge in [0, 0.05) is 20.1 Å². The summed E-state index contributed by atoms with van der Waals surface area (Å²) in [5, 5.41) is 12.1. The van der Waals surface area contributed by atoms with Gasteiger partial charge >= 0.3 is 5.97 Å². The van der Waals surface area contributed by atoms with Crippen LogP contribution in [0.4, 0.5) is 0 Å². The molecular formula is C14H20N2O4. The second-order valence-corrected chi connectivity index (χ2v) is 6.40. The standard InChI is InChI=1S/C14H20N2O4/c1-15-10(17)13(5-6-13)11(18)16-7-9-3-2-4-14(9,8-16)12(19)20/h9H,2-8H2,1H3,(H,15,17)(H,19,20)/t9-,14+/m0/s1. The molecular weight excluding hydrogens is 260 g/mol. The molecule has 0 unspecified atom stereocenters. The van der Waals surface area contributed by atoms with Crippen LogP contribution >= 0.6 is 0 Å². The average Bonchev–Trinajstić information content (AvgIpc) is 2.99. The second-order valence-electron chi connectivity index (χ2n) is 6.40. The van der Waals surface area contributed by atoms with Crippen molar-refractivity contribution in [2.75, 3.05) is 20.1 Å². The molecule has 0 spiro atoms. The van der Waals surface area contributed by atoms with Crippen LogP contribution in [0.1, 0.15) is 32.1 Å². The Morgan fingerprint density at radius 1 is 1.25 bits per heavy atom. The fraction of sp³-hybridized carbons (Fsp3) is 0.786. The SMILES string of the molecule is CNC(=O)C1(C(=O)N2C[C@@H]3CCC[C@@]3(C(=O)O)C2)CC1. The van der Waals surface area contributed by atoms with Gasteiger partial charge in [0.1, 0.15) is 5.41 Å². The highest BCUT2D eigenvalue weighted by molar-refractivity contribution is 6.08. The molecule has 0 aromatic heterocycles. The number of hydrogen-bond acceptors (Lipinski definition) is 3. The van der Waals surface area contributed by atoms with Gasteiger partial charge in [0.2, 0.25) is 11.8 Å². The molecule has 6 heteroatoms. The molecule has 2 saturated carbocycles. The highest BCUT2D eigenvalue weighted by atomic mass is 16.4. The molecule has 2 atom stereocenters. The summed E-state index contributed by atoms with van der Waals surface area (Å²) in [5.41, 5.74) is -1.68. The van der Waals surface area contributed by atoms with E-state index < -0.39 is 16.8 Å². The first-order valence-corrected chi connectivity index (χ1v) is 7.21. The van der Waals surface area contributed by atoms with E-state index in [9.17, 15) is 19.5 Å². The summed E-state index contributed by atoms with van der Waals surface area (Å²) in [6.45, 7) is 0.758. The van der Waals surface area contributed by atoms with E-state index in [2.05, 4.69) is 5.32 Å². The zero-order valence-electron chi connectivity index (χ0n) is 11.6. The number of hydrogen-bond donors (Lipinski definition) is 2. The number of carbonyl (C=O) groups excluding carboxylic acids is 2. The van der Waals surface area contributed by atoms with Crippen molar-refractivity contribution in [3.8, 4) is 0 Å². The van der Waals surface area contributed by atoms with Gasteiger partial charge in [-0.15, -0.1) is 0 Å². The van der Waals surface area contributed by atoms with Gasteiger partial charge in [-0.05, 0) is 31.6 Å². The van der Waals surface area contributed by atoms with Crippen molar-refractivity contribution in [1.82, 2.24) is 10.2 Å². The highest BCUT2D eigenvalue weighted by Crippen LogP contribution is 2.53. The molecule has 110 valence electrons. The van der Waals surface area contributed by atoms with Crippen LogP contribution in [0.3, 0.4) is 0 Å². The maximum absolute atomic E-state index is 12.6. The Morgan fingerprint density at radius 3 is 2.45 bits per heavy atom. The quantitative estimate of drug-likeness (QED) is 0.724. The van der Waals surface area contributed by atoms with Gasteiger partial charge in [0.25, 0.3) is 0 Å². The molecule has 0 aromatic carbocycles. The van der Waals surface area contributed by atoms with Crippen LogP contribution in [0.25, 0.3) is 0 Å². The Hall–Kier alpha value is -1.59. The van der Waals surface area contributed by atoms with Crippen molar-refractivity contribution in [2.24, 2.45) is 16.7 Å². The predicted molar refractivity (Wildman–Crippen MR) is 69.7 cm³/mol. The van der Waals surface area contributed by atoms with Gasteiger partial charge in [-0.1, -0.05) is 6.42 Å². The van der Waals surface area contributed by atoms with Crippen molar-refractivity contribution in [3.05, 3.63) is 0 Å². The minimum Gasteiger partial charge on any atom is -0.481 e. The Morgan fingerprint density at radius 2 is 1.95 bits per heavy atom. The van der Waals surface area contributed by atoms with E-state index in [1.54, 1.807) is 4.90 Å². The van der Waals surface area contributed by atoms with Crippen molar-refractivity contribution in [2.45, 2.75) is 32.1 Å². The monoisotopic (exact) mass is 280 g/mol. The fourth-order valence-electron chi connectivity index (χ4n) is 4.00. The normalized spacial score (nSPS) is 33.6. The summed E-state index contributed by atoms with van der Waals surface area (Å²) >= 11 is 0. The number of nitrogens with one attached hydrogen (secondary N) is 1. The number of nitrogens with zero attached hydrogens (tertiary/aromatic N) is 1. The molecule has 1 heterocycles. The van der Waals surface area contributed by atoms with Crippen molar-refractivity contribution >= 4 is 17.8 Å². The first kappa shape index (κ1) is 13.4. The molecule has 2 N–H and O–H groups in total. The zero-order chi connectivity index (χ0) is 14.5. The van der Waals surface area contributed by atoms with E-state index in [1.807, 2.05) is 0 Å². The molecule has 1 aliphatic heterocycles. The van der Waals surface area contributed by atoms with Gasteiger partial charge < -0.3 is 15.3 Å². The van der Waals surface area contributed by atoms with Crippen LogP contribution in [-0.2, 0) is 14.4 Å².